The minimum Gasteiger partial charge on any atom is -0.481 e. The number of hydrogen-bond acceptors (Lipinski definition) is 3. The Morgan fingerprint density at radius 2 is 2.05 bits per heavy atom. The van der Waals surface area contributed by atoms with E-state index in [0.29, 0.717) is 19.4 Å². The van der Waals surface area contributed by atoms with Crippen LogP contribution in [0.2, 0.25) is 0 Å². The molecule has 112 valence electrons. The summed E-state index contributed by atoms with van der Waals surface area (Å²) in [6, 6.07) is 0. The third kappa shape index (κ3) is 4.46. The maximum atomic E-state index is 11.6. The molecule has 4 heteroatoms. The average Bonchev–Trinajstić information content (AvgIpc) is 2.42. The quantitative estimate of drug-likeness (QED) is 0.737. The van der Waals surface area contributed by atoms with Crippen LogP contribution < -0.4 is 0 Å². The zero-order valence-electron chi connectivity index (χ0n) is 12.7. The van der Waals surface area contributed by atoms with Gasteiger partial charge >= 0.3 is 5.97 Å². The lowest BCUT2D eigenvalue weighted by molar-refractivity contribution is -0.151. The summed E-state index contributed by atoms with van der Waals surface area (Å²) in [5.74, 6) is -0.658. The molecule has 0 radical (unpaired) electrons. The third-order valence-electron chi connectivity index (χ3n) is 4.35. The van der Waals surface area contributed by atoms with E-state index in [4.69, 9.17) is 4.74 Å². The second kappa shape index (κ2) is 7.85. The second-order valence-electron chi connectivity index (χ2n) is 5.66. The number of nitrogens with zero attached hydrogens (tertiary/aromatic N) is 1. The van der Waals surface area contributed by atoms with Crippen molar-refractivity contribution in [2.75, 3.05) is 26.2 Å². The molecular formula is C15H29NO3. The van der Waals surface area contributed by atoms with Crippen molar-refractivity contribution in [3.63, 3.8) is 0 Å². The molecule has 4 nitrogen and oxygen atoms in total. The fourth-order valence-electron chi connectivity index (χ4n) is 2.85. The molecule has 1 rings (SSSR count). The van der Waals surface area contributed by atoms with Crippen LogP contribution >= 0.6 is 0 Å². The van der Waals surface area contributed by atoms with Gasteiger partial charge in [-0.3, -0.25) is 9.69 Å². The van der Waals surface area contributed by atoms with Crippen molar-refractivity contribution in [2.24, 2.45) is 5.41 Å². The SMILES string of the molecule is CCCOC1CCCN(CC(CC)(CC)C(=O)O)C1. The maximum Gasteiger partial charge on any atom is 0.310 e. The summed E-state index contributed by atoms with van der Waals surface area (Å²) in [5, 5.41) is 9.50. The number of carboxylic acid groups (broad SMARTS) is 1. The summed E-state index contributed by atoms with van der Waals surface area (Å²) in [6.45, 7) is 9.42. The number of carboxylic acids is 1. The summed E-state index contributed by atoms with van der Waals surface area (Å²) >= 11 is 0. The first kappa shape index (κ1) is 16.4. The zero-order valence-corrected chi connectivity index (χ0v) is 12.7. The van der Waals surface area contributed by atoms with Crippen molar-refractivity contribution in [1.82, 2.24) is 4.90 Å². The Morgan fingerprint density at radius 3 is 2.58 bits per heavy atom. The van der Waals surface area contributed by atoms with E-state index in [-0.39, 0.29) is 6.10 Å². The van der Waals surface area contributed by atoms with Crippen LogP contribution in [-0.4, -0.2) is 48.3 Å². The van der Waals surface area contributed by atoms with Crippen molar-refractivity contribution >= 4 is 5.97 Å². The lowest BCUT2D eigenvalue weighted by Crippen LogP contribution is -2.48. The van der Waals surface area contributed by atoms with Crippen LogP contribution in [0.5, 0.6) is 0 Å². The largest absolute Gasteiger partial charge is 0.481 e. The summed E-state index contributed by atoms with van der Waals surface area (Å²) in [7, 11) is 0. The predicted octanol–water partition coefficient (Wildman–Crippen LogP) is 2.77. The number of piperidine rings is 1. The number of rotatable bonds is 8. The first-order valence-corrected chi connectivity index (χ1v) is 7.65. The summed E-state index contributed by atoms with van der Waals surface area (Å²) in [6.07, 6.45) is 4.92. The molecule has 0 aromatic heterocycles. The first-order chi connectivity index (χ1) is 9.07. The van der Waals surface area contributed by atoms with Crippen LogP contribution in [0.3, 0.4) is 0 Å². The van der Waals surface area contributed by atoms with E-state index in [9.17, 15) is 9.90 Å². The van der Waals surface area contributed by atoms with Gasteiger partial charge in [-0.2, -0.15) is 0 Å². The van der Waals surface area contributed by atoms with E-state index in [0.717, 1.165) is 39.0 Å². The minimum atomic E-state index is -0.658. The van der Waals surface area contributed by atoms with Gasteiger partial charge in [-0.05, 0) is 38.6 Å². The molecule has 19 heavy (non-hydrogen) atoms. The molecule has 0 aliphatic carbocycles. The van der Waals surface area contributed by atoms with Gasteiger partial charge < -0.3 is 9.84 Å². The molecular weight excluding hydrogens is 242 g/mol. The fraction of sp³-hybridized carbons (Fsp3) is 0.933. The molecule has 1 aliphatic heterocycles. The Balaban J connectivity index is 2.56. The van der Waals surface area contributed by atoms with Gasteiger partial charge in [-0.15, -0.1) is 0 Å². The first-order valence-electron chi connectivity index (χ1n) is 7.65. The highest BCUT2D eigenvalue weighted by Crippen LogP contribution is 2.29. The standard InChI is InChI=1S/C15H29NO3/c1-4-10-19-13-8-7-9-16(11-13)12-15(5-2,6-3)14(17)18/h13H,4-12H2,1-3H3,(H,17,18). The summed E-state index contributed by atoms with van der Waals surface area (Å²) in [4.78, 5) is 13.8. The molecule has 0 aromatic carbocycles. The van der Waals surface area contributed by atoms with Crippen molar-refractivity contribution in [2.45, 2.75) is 59.0 Å². The van der Waals surface area contributed by atoms with Crippen LogP contribution in [0.1, 0.15) is 52.9 Å². The second-order valence-corrected chi connectivity index (χ2v) is 5.66. The molecule has 1 saturated heterocycles. The fourth-order valence-corrected chi connectivity index (χ4v) is 2.85. The topological polar surface area (TPSA) is 49.8 Å². The highest BCUT2D eigenvalue weighted by atomic mass is 16.5. The molecule has 1 fully saturated rings. The monoisotopic (exact) mass is 271 g/mol. The summed E-state index contributed by atoms with van der Waals surface area (Å²) in [5.41, 5.74) is -0.591. The van der Waals surface area contributed by atoms with E-state index >= 15 is 0 Å². The highest BCUT2D eigenvalue weighted by molar-refractivity contribution is 5.74. The average molecular weight is 271 g/mol. The Hall–Kier alpha value is -0.610. The normalized spacial score (nSPS) is 21.5. The predicted molar refractivity (Wildman–Crippen MR) is 76.4 cm³/mol. The minimum absolute atomic E-state index is 0.286. The summed E-state index contributed by atoms with van der Waals surface area (Å²) < 4.78 is 5.82. The lowest BCUT2D eigenvalue weighted by atomic mass is 9.81. The van der Waals surface area contributed by atoms with Crippen LogP contribution in [0, 0.1) is 5.41 Å². The Kier molecular flexibility index (Phi) is 6.80. The van der Waals surface area contributed by atoms with Crippen LogP contribution in [-0.2, 0) is 9.53 Å². The Labute approximate surface area is 117 Å². The van der Waals surface area contributed by atoms with Crippen molar-refractivity contribution in [3.8, 4) is 0 Å². The zero-order chi connectivity index (χ0) is 14.3. The van der Waals surface area contributed by atoms with E-state index in [2.05, 4.69) is 11.8 Å². The number of ether oxygens (including phenoxy) is 1. The molecule has 1 aliphatic rings. The molecule has 0 spiro atoms. The van der Waals surface area contributed by atoms with Gasteiger partial charge in [0, 0.05) is 19.7 Å². The van der Waals surface area contributed by atoms with Gasteiger partial charge in [0.15, 0.2) is 0 Å². The van der Waals surface area contributed by atoms with Crippen LogP contribution in [0.15, 0.2) is 0 Å². The lowest BCUT2D eigenvalue weighted by Gasteiger charge is -2.38. The molecule has 0 bridgehead atoms. The van der Waals surface area contributed by atoms with E-state index in [1.54, 1.807) is 0 Å². The van der Waals surface area contributed by atoms with E-state index < -0.39 is 11.4 Å². The van der Waals surface area contributed by atoms with Gasteiger partial charge in [0.2, 0.25) is 0 Å². The molecule has 1 unspecified atom stereocenters. The van der Waals surface area contributed by atoms with Gasteiger partial charge in [-0.1, -0.05) is 20.8 Å². The number of likely N-dealkylation sites (tertiary alicyclic amines) is 1. The smallest absolute Gasteiger partial charge is 0.310 e. The van der Waals surface area contributed by atoms with E-state index in [1.807, 2.05) is 13.8 Å². The van der Waals surface area contributed by atoms with Crippen molar-refractivity contribution in [3.05, 3.63) is 0 Å². The van der Waals surface area contributed by atoms with Gasteiger partial charge in [0.25, 0.3) is 0 Å². The van der Waals surface area contributed by atoms with Gasteiger partial charge in [0.1, 0.15) is 0 Å². The number of carbonyl (C=O) groups is 1. The Bertz CT molecular complexity index is 277. The molecule has 0 saturated carbocycles. The van der Waals surface area contributed by atoms with Crippen LogP contribution in [0.25, 0.3) is 0 Å². The highest BCUT2D eigenvalue weighted by Gasteiger charge is 2.37. The van der Waals surface area contributed by atoms with Crippen LogP contribution in [0.4, 0.5) is 0 Å². The van der Waals surface area contributed by atoms with E-state index in [1.165, 1.54) is 0 Å². The van der Waals surface area contributed by atoms with Crippen molar-refractivity contribution in [1.29, 1.82) is 0 Å². The number of aliphatic carboxylic acids is 1. The van der Waals surface area contributed by atoms with Crippen molar-refractivity contribution < 1.29 is 14.6 Å². The van der Waals surface area contributed by atoms with Gasteiger partial charge in [-0.25, -0.2) is 0 Å². The molecule has 1 atom stereocenters. The molecule has 1 heterocycles. The molecule has 1 N–H and O–H groups in total. The number of hydrogen-bond donors (Lipinski definition) is 1. The Morgan fingerprint density at radius 1 is 1.37 bits per heavy atom. The molecule has 0 aromatic rings. The third-order valence-corrected chi connectivity index (χ3v) is 4.35. The van der Waals surface area contributed by atoms with Gasteiger partial charge in [0.05, 0.1) is 11.5 Å². The maximum absolute atomic E-state index is 11.6. The molecule has 0 amide bonds.